The van der Waals surface area contributed by atoms with Gasteiger partial charge in [-0.1, -0.05) is 29.5 Å². The Bertz CT molecular complexity index is 137. The summed E-state index contributed by atoms with van der Waals surface area (Å²) < 4.78 is 0.836. The number of hydrazine groups is 2. The van der Waals surface area contributed by atoms with Crippen LogP contribution in [0.4, 0.5) is 0 Å². The zero-order chi connectivity index (χ0) is 7.84. The molecule has 4 heteroatoms. The largest absolute Gasteiger partial charge is 0.239 e. The molecular formula is C7H14IN3. The van der Waals surface area contributed by atoms with Crippen molar-refractivity contribution in [2.75, 3.05) is 0 Å². The second-order valence-corrected chi connectivity index (χ2v) is 5.19. The van der Waals surface area contributed by atoms with Gasteiger partial charge in [-0.3, -0.25) is 0 Å². The Hall–Kier alpha value is 0.610. The van der Waals surface area contributed by atoms with E-state index >= 15 is 0 Å². The van der Waals surface area contributed by atoms with Crippen LogP contribution in [0, 0.1) is 5.92 Å². The van der Waals surface area contributed by atoms with Crippen molar-refractivity contribution in [3.63, 3.8) is 0 Å². The van der Waals surface area contributed by atoms with E-state index in [1.54, 1.807) is 0 Å². The maximum absolute atomic E-state index is 3.25. The summed E-state index contributed by atoms with van der Waals surface area (Å²) in [5.41, 5.74) is 9.49. The zero-order valence-corrected chi connectivity index (χ0v) is 8.76. The predicted octanol–water partition coefficient (Wildman–Crippen LogP) is 0.570. The predicted molar refractivity (Wildman–Crippen MR) is 53.2 cm³/mol. The minimum Gasteiger partial charge on any atom is -0.239 e. The van der Waals surface area contributed by atoms with E-state index in [2.05, 4.69) is 45.9 Å². The molecule has 0 aromatic carbocycles. The quantitative estimate of drug-likeness (QED) is 0.443. The summed E-state index contributed by atoms with van der Waals surface area (Å²) in [6.45, 7) is 2.34. The zero-order valence-electron chi connectivity index (χ0n) is 6.60. The molecule has 0 aromatic heterocycles. The molecule has 1 aliphatic carbocycles. The molecule has 64 valence electrons. The van der Waals surface area contributed by atoms with Crippen molar-refractivity contribution in [3.8, 4) is 0 Å². The lowest BCUT2D eigenvalue weighted by atomic mass is 9.84. The van der Waals surface area contributed by atoms with Gasteiger partial charge in [0.2, 0.25) is 0 Å². The second kappa shape index (κ2) is 3.16. The van der Waals surface area contributed by atoms with Gasteiger partial charge in [0.15, 0.2) is 0 Å². The highest BCUT2D eigenvalue weighted by molar-refractivity contribution is 14.1. The van der Waals surface area contributed by atoms with Gasteiger partial charge in [0.1, 0.15) is 0 Å². The molecule has 1 saturated heterocycles. The fourth-order valence-corrected chi connectivity index (χ4v) is 2.74. The van der Waals surface area contributed by atoms with Crippen LogP contribution in [0.1, 0.15) is 19.8 Å². The third-order valence-corrected chi connectivity index (χ3v) is 4.46. The van der Waals surface area contributed by atoms with Crippen molar-refractivity contribution >= 4 is 22.6 Å². The molecule has 1 aliphatic heterocycles. The van der Waals surface area contributed by atoms with Crippen molar-refractivity contribution < 1.29 is 0 Å². The molecule has 11 heavy (non-hydrogen) atoms. The number of fused-ring (bicyclic) bond motifs is 1. The van der Waals surface area contributed by atoms with Crippen LogP contribution in [0.2, 0.25) is 0 Å². The topological polar surface area (TPSA) is 36.1 Å². The van der Waals surface area contributed by atoms with Crippen molar-refractivity contribution in [3.05, 3.63) is 0 Å². The van der Waals surface area contributed by atoms with Crippen LogP contribution in [0.3, 0.4) is 0 Å². The van der Waals surface area contributed by atoms with Gasteiger partial charge in [-0.05, 0) is 18.8 Å². The average molecular weight is 267 g/mol. The second-order valence-electron chi connectivity index (χ2n) is 3.59. The van der Waals surface area contributed by atoms with Crippen molar-refractivity contribution in [2.24, 2.45) is 5.92 Å². The molecule has 0 bridgehead atoms. The average Bonchev–Trinajstić information content (AvgIpc) is 2.36. The van der Waals surface area contributed by atoms with Crippen LogP contribution in [0.15, 0.2) is 0 Å². The minimum absolute atomic E-state index is 0.646. The maximum atomic E-state index is 3.25. The fraction of sp³-hybridized carbons (Fsp3) is 1.00. The molecule has 1 saturated carbocycles. The molecule has 2 rings (SSSR count). The van der Waals surface area contributed by atoms with E-state index in [0.29, 0.717) is 12.1 Å². The first-order valence-corrected chi connectivity index (χ1v) is 5.42. The van der Waals surface area contributed by atoms with Crippen LogP contribution in [-0.2, 0) is 0 Å². The van der Waals surface area contributed by atoms with Gasteiger partial charge in [-0.2, -0.15) is 5.53 Å². The molecule has 1 heterocycles. The lowest BCUT2D eigenvalue weighted by molar-refractivity contribution is 0.316. The van der Waals surface area contributed by atoms with E-state index < -0.39 is 0 Å². The third kappa shape index (κ3) is 1.54. The first-order chi connectivity index (χ1) is 5.27. The van der Waals surface area contributed by atoms with Gasteiger partial charge in [-0.25, -0.2) is 10.9 Å². The van der Waals surface area contributed by atoms with Crippen LogP contribution in [0.25, 0.3) is 0 Å². The van der Waals surface area contributed by atoms with Gasteiger partial charge in [0.25, 0.3) is 0 Å². The fourth-order valence-electron chi connectivity index (χ4n) is 1.90. The molecule has 0 amide bonds. The van der Waals surface area contributed by atoms with Crippen molar-refractivity contribution in [1.82, 2.24) is 16.4 Å². The molecule has 0 radical (unpaired) electrons. The van der Waals surface area contributed by atoms with E-state index in [0.717, 1.165) is 9.84 Å². The molecule has 4 unspecified atom stereocenters. The first kappa shape index (κ1) is 8.22. The Labute approximate surface area is 80.8 Å². The summed E-state index contributed by atoms with van der Waals surface area (Å²) >= 11 is 2.56. The van der Waals surface area contributed by atoms with Crippen LogP contribution >= 0.6 is 22.6 Å². The first-order valence-electron chi connectivity index (χ1n) is 4.17. The molecular weight excluding hydrogens is 253 g/mol. The molecule has 2 aliphatic rings. The Kier molecular flexibility index (Phi) is 2.36. The summed E-state index contributed by atoms with van der Waals surface area (Å²) in [7, 11) is 0. The van der Waals surface area contributed by atoms with E-state index in [1.165, 1.54) is 12.8 Å². The van der Waals surface area contributed by atoms with E-state index in [9.17, 15) is 0 Å². The summed E-state index contributed by atoms with van der Waals surface area (Å²) in [4.78, 5) is 0. The highest BCUT2D eigenvalue weighted by atomic mass is 127. The summed E-state index contributed by atoms with van der Waals surface area (Å²) in [5.74, 6) is 0.853. The van der Waals surface area contributed by atoms with Gasteiger partial charge in [0, 0.05) is 16.0 Å². The molecule has 2 fully saturated rings. The minimum atomic E-state index is 0.646. The summed E-state index contributed by atoms with van der Waals surface area (Å²) in [6.07, 6.45) is 2.57. The van der Waals surface area contributed by atoms with Crippen molar-refractivity contribution in [1.29, 1.82) is 0 Å². The van der Waals surface area contributed by atoms with Gasteiger partial charge in [-0.15, -0.1) is 0 Å². The number of nitrogens with one attached hydrogen (secondary N) is 3. The Morgan fingerprint density at radius 1 is 1.18 bits per heavy atom. The molecule has 3 nitrogen and oxygen atoms in total. The number of rotatable bonds is 0. The normalized spacial score (nSPS) is 50.7. The Balaban J connectivity index is 2.00. The van der Waals surface area contributed by atoms with Crippen LogP contribution in [-0.4, -0.2) is 16.0 Å². The summed E-state index contributed by atoms with van der Waals surface area (Å²) in [5, 5.41) is 0. The van der Waals surface area contributed by atoms with E-state index in [-0.39, 0.29) is 0 Å². The lowest BCUT2D eigenvalue weighted by Crippen LogP contribution is -2.43. The lowest BCUT2D eigenvalue weighted by Gasteiger charge is -2.32. The number of alkyl halides is 1. The highest BCUT2D eigenvalue weighted by Gasteiger charge is 2.36. The van der Waals surface area contributed by atoms with E-state index in [1.807, 2.05) is 0 Å². The standard InChI is InChI=1S/C7H14IN3/c1-4-2-6-7(3-5(4)8)10-11-9-6/h4-7,9-11H,2-3H2,1H3. The molecule has 4 atom stereocenters. The SMILES string of the molecule is CC1CC2NNNC2CC1I. The number of hydrogen-bond acceptors (Lipinski definition) is 3. The monoisotopic (exact) mass is 267 g/mol. The molecule has 0 spiro atoms. The molecule has 3 N–H and O–H groups in total. The number of halogens is 1. The highest BCUT2D eigenvalue weighted by Crippen LogP contribution is 2.31. The Morgan fingerprint density at radius 2 is 1.82 bits per heavy atom. The van der Waals surface area contributed by atoms with E-state index in [4.69, 9.17) is 0 Å². The van der Waals surface area contributed by atoms with Gasteiger partial charge in [0.05, 0.1) is 0 Å². The van der Waals surface area contributed by atoms with Gasteiger partial charge < -0.3 is 0 Å². The van der Waals surface area contributed by atoms with Crippen LogP contribution in [0.5, 0.6) is 0 Å². The number of hydrogen-bond donors (Lipinski definition) is 3. The third-order valence-electron chi connectivity index (χ3n) is 2.72. The molecule has 0 aromatic rings. The smallest absolute Gasteiger partial charge is 0.0403 e. The van der Waals surface area contributed by atoms with Crippen molar-refractivity contribution in [2.45, 2.75) is 35.8 Å². The maximum Gasteiger partial charge on any atom is 0.0403 e. The summed E-state index contributed by atoms with van der Waals surface area (Å²) in [6, 6.07) is 1.30. The van der Waals surface area contributed by atoms with Gasteiger partial charge >= 0.3 is 0 Å². The van der Waals surface area contributed by atoms with Crippen LogP contribution < -0.4 is 16.4 Å². The Morgan fingerprint density at radius 3 is 2.55 bits per heavy atom.